The highest BCUT2D eigenvalue weighted by molar-refractivity contribution is 6.02. The van der Waals surface area contributed by atoms with Crippen molar-refractivity contribution >= 4 is 28.5 Å². The lowest BCUT2D eigenvalue weighted by molar-refractivity contribution is -0.127. The third kappa shape index (κ3) is 6.19. The Morgan fingerprint density at radius 2 is 1.71 bits per heavy atom. The Balaban J connectivity index is 1.81. The van der Waals surface area contributed by atoms with Gasteiger partial charge in [-0.3, -0.25) is 14.5 Å². The van der Waals surface area contributed by atoms with Crippen LogP contribution in [0.1, 0.15) is 44.4 Å². The van der Waals surface area contributed by atoms with E-state index < -0.39 is 6.04 Å². The summed E-state index contributed by atoms with van der Waals surface area (Å²) >= 11 is 0. The third-order valence-corrected chi connectivity index (χ3v) is 6.32. The van der Waals surface area contributed by atoms with Gasteiger partial charge in [0, 0.05) is 6.54 Å². The number of anilines is 1. The van der Waals surface area contributed by atoms with E-state index in [1.165, 1.54) is 4.90 Å². The number of hydrogen-bond donors (Lipinski definition) is 1. The standard InChI is InChI=1S/C30H35N5O3/c1-5-38-27-13-9-8-12-26(27)35(28(36)20-34-25-11-7-6-10-24(25)32-33-34)29(23-16-14-22(4)15-17-23)30(37)31-19-18-21(2)3/h6-17,21,29H,5,18-20H2,1-4H3,(H,31,37)/t29-/m0/s1. The van der Waals surface area contributed by atoms with Gasteiger partial charge in [-0.25, -0.2) is 4.68 Å². The maximum Gasteiger partial charge on any atom is 0.249 e. The van der Waals surface area contributed by atoms with Crippen LogP contribution >= 0.6 is 0 Å². The number of fused-ring (bicyclic) bond motifs is 1. The highest BCUT2D eigenvalue weighted by atomic mass is 16.5. The number of carbonyl (C=O) groups is 2. The van der Waals surface area contributed by atoms with E-state index in [0.29, 0.717) is 41.6 Å². The third-order valence-electron chi connectivity index (χ3n) is 6.32. The maximum absolute atomic E-state index is 14.2. The molecule has 0 bridgehead atoms. The zero-order valence-electron chi connectivity index (χ0n) is 22.4. The van der Waals surface area contributed by atoms with Crippen LogP contribution in [-0.2, 0) is 16.1 Å². The molecule has 1 N–H and O–H groups in total. The first-order chi connectivity index (χ1) is 18.4. The van der Waals surface area contributed by atoms with Gasteiger partial charge >= 0.3 is 0 Å². The van der Waals surface area contributed by atoms with Crippen LogP contribution in [0.15, 0.2) is 72.8 Å². The quantitative estimate of drug-likeness (QED) is 0.302. The summed E-state index contributed by atoms with van der Waals surface area (Å²) in [6, 6.07) is 21.6. The zero-order chi connectivity index (χ0) is 27.1. The Morgan fingerprint density at radius 1 is 1.00 bits per heavy atom. The van der Waals surface area contributed by atoms with E-state index in [9.17, 15) is 9.59 Å². The number of hydrogen-bond acceptors (Lipinski definition) is 5. The summed E-state index contributed by atoms with van der Waals surface area (Å²) in [5.41, 5.74) is 3.73. The molecule has 4 rings (SSSR count). The molecule has 2 amide bonds. The number of aromatic nitrogens is 3. The van der Waals surface area contributed by atoms with Crippen LogP contribution in [0.5, 0.6) is 5.75 Å². The Kier molecular flexibility index (Phi) is 8.73. The second-order valence-corrected chi connectivity index (χ2v) is 9.69. The van der Waals surface area contributed by atoms with E-state index in [2.05, 4.69) is 29.5 Å². The van der Waals surface area contributed by atoms with Crippen LogP contribution in [0.4, 0.5) is 5.69 Å². The molecule has 1 atom stereocenters. The largest absolute Gasteiger partial charge is 0.492 e. The summed E-state index contributed by atoms with van der Waals surface area (Å²) in [5.74, 6) is 0.402. The number of ether oxygens (including phenoxy) is 1. The lowest BCUT2D eigenvalue weighted by Gasteiger charge is -2.32. The van der Waals surface area contributed by atoms with Gasteiger partial charge in [0.05, 0.1) is 17.8 Å². The molecule has 0 spiro atoms. The number of amides is 2. The molecule has 8 heteroatoms. The Bertz CT molecular complexity index is 1380. The average molecular weight is 514 g/mol. The van der Waals surface area contributed by atoms with Crippen LogP contribution in [0.2, 0.25) is 0 Å². The van der Waals surface area contributed by atoms with E-state index in [4.69, 9.17) is 4.74 Å². The minimum absolute atomic E-state index is 0.0946. The molecule has 0 fully saturated rings. The van der Waals surface area contributed by atoms with Gasteiger partial charge in [-0.2, -0.15) is 0 Å². The van der Waals surface area contributed by atoms with Crippen LogP contribution in [0.25, 0.3) is 11.0 Å². The molecule has 0 unspecified atom stereocenters. The molecule has 0 aliphatic heterocycles. The number of benzene rings is 3. The number of nitrogens with one attached hydrogen (secondary N) is 1. The predicted molar refractivity (Wildman–Crippen MR) is 149 cm³/mol. The Hall–Kier alpha value is -4.20. The van der Waals surface area contributed by atoms with Crippen LogP contribution in [0.3, 0.4) is 0 Å². The molecular weight excluding hydrogens is 478 g/mol. The lowest BCUT2D eigenvalue weighted by atomic mass is 10.0. The van der Waals surface area contributed by atoms with Crippen molar-refractivity contribution in [3.05, 3.63) is 83.9 Å². The van der Waals surface area contributed by atoms with Crippen molar-refractivity contribution in [2.45, 2.75) is 46.7 Å². The number of rotatable bonds is 11. The fraction of sp³-hybridized carbons (Fsp3) is 0.333. The Morgan fingerprint density at radius 3 is 2.45 bits per heavy atom. The topological polar surface area (TPSA) is 89.3 Å². The van der Waals surface area contributed by atoms with Gasteiger partial charge in [0.1, 0.15) is 23.9 Å². The molecule has 1 aromatic heterocycles. The molecule has 0 aliphatic carbocycles. The van der Waals surface area contributed by atoms with Crippen LogP contribution in [-0.4, -0.2) is 40.0 Å². The van der Waals surface area contributed by atoms with Gasteiger partial charge in [0.15, 0.2) is 0 Å². The van der Waals surface area contributed by atoms with E-state index >= 15 is 0 Å². The molecule has 38 heavy (non-hydrogen) atoms. The molecular formula is C30H35N5O3. The van der Waals surface area contributed by atoms with Crippen LogP contribution < -0.4 is 15.0 Å². The summed E-state index contributed by atoms with van der Waals surface area (Å²) < 4.78 is 7.48. The molecule has 198 valence electrons. The van der Waals surface area contributed by atoms with Crippen LogP contribution in [0, 0.1) is 12.8 Å². The first-order valence-electron chi connectivity index (χ1n) is 13.1. The lowest BCUT2D eigenvalue weighted by Crippen LogP contribution is -2.45. The molecule has 0 aliphatic rings. The number of carbonyl (C=O) groups excluding carboxylic acids is 2. The highest BCUT2D eigenvalue weighted by Crippen LogP contribution is 2.35. The first kappa shape index (κ1) is 26.9. The average Bonchev–Trinajstić information content (AvgIpc) is 3.31. The van der Waals surface area contributed by atoms with Crippen molar-refractivity contribution in [3.63, 3.8) is 0 Å². The normalized spacial score (nSPS) is 11.9. The van der Waals surface area contributed by atoms with Crippen molar-refractivity contribution in [3.8, 4) is 5.75 Å². The fourth-order valence-electron chi connectivity index (χ4n) is 4.34. The monoisotopic (exact) mass is 513 g/mol. The second kappa shape index (κ2) is 12.4. The minimum atomic E-state index is -0.911. The number of para-hydroxylation sites is 3. The van der Waals surface area contributed by atoms with Gasteiger partial charge < -0.3 is 10.1 Å². The second-order valence-electron chi connectivity index (χ2n) is 9.69. The first-order valence-corrected chi connectivity index (χ1v) is 13.1. The number of aryl methyl sites for hydroxylation is 1. The van der Waals surface area contributed by atoms with Crippen molar-refractivity contribution in [2.75, 3.05) is 18.1 Å². The minimum Gasteiger partial charge on any atom is -0.492 e. The van der Waals surface area contributed by atoms with E-state index in [1.807, 2.05) is 86.6 Å². The zero-order valence-corrected chi connectivity index (χ0v) is 22.4. The Labute approximate surface area is 223 Å². The van der Waals surface area contributed by atoms with Crippen molar-refractivity contribution in [1.29, 1.82) is 0 Å². The van der Waals surface area contributed by atoms with Gasteiger partial charge in [0.25, 0.3) is 0 Å². The molecule has 8 nitrogen and oxygen atoms in total. The van der Waals surface area contributed by atoms with E-state index in [0.717, 1.165) is 17.5 Å². The SMILES string of the molecule is CCOc1ccccc1N(C(=O)Cn1nnc2ccccc21)[C@H](C(=O)NCCC(C)C)c1ccc(C)cc1. The summed E-state index contributed by atoms with van der Waals surface area (Å²) in [6.07, 6.45) is 0.834. The predicted octanol–water partition coefficient (Wildman–Crippen LogP) is 5.08. The molecule has 0 saturated heterocycles. The molecule has 0 radical (unpaired) electrons. The van der Waals surface area contributed by atoms with Crippen molar-refractivity contribution in [2.24, 2.45) is 5.92 Å². The number of nitrogens with zero attached hydrogens (tertiary/aromatic N) is 4. The summed E-state index contributed by atoms with van der Waals surface area (Å²) in [4.78, 5) is 29.6. The maximum atomic E-state index is 14.2. The molecule has 4 aromatic rings. The van der Waals surface area contributed by atoms with E-state index in [-0.39, 0.29) is 18.4 Å². The summed E-state index contributed by atoms with van der Waals surface area (Å²) in [7, 11) is 0. The van der Waals surface area contributed by atoms with Gasteiger partial charge in [-0.15, -0.1) is 5.10 Å². The molecule has 0 saturated carbocycles. The molecule has 1 heterocycles. The highest BCUT2D eigenvalue weighted by Gasteiger charge is 2.34. The fourth-order valence-corrected chi connectivity index (χ4v) is 4.34. The molecule has 3 aromatic carbocycles. The smallest absolute Gasteiger partial charge is 0.249 e. The van der Waals surface area contributed by atoms with Crippen molar-refractivity contribution in [1.82, 2.24) is 20.3 Å². The van der Waals surface area contributed by atoms with Gasteiger partial charge in [-0.1, -0.05) is 73.2 Å². The van der Waals surface area contributed by atoms with Crippen molar-refractivity contribution < 1.29 is 14.3 Å². The van der Waals surface area contributed by atoms with E-state index in [1.54, 1.807) is 4.68 Å². The van der Waals surface area contributed by atoms with Gasteiger partial charge in [0.2, 0.25) is 11.8 Å². The van der Waals surface area contributed by atoms with Gasteiger partial charge in [-0.05, 0) is 56.0 Å². The summed E-state index contributed by atoms with van der Waals surface area (Å²) in [5, 5.41) is 11.5. The summed E-state index contributed by atoms with van der Waals surface area (Å²) in [6.45, 7) is 8.94.